The van der Waals surface area contributed by atoms with Gasteiger partial charge in [0.2, 0.25) is 0 Å². The second kappa shape index (κ2) is 6.71. The number of rotatable bonds is 2. The molecule has 120 valence electrons. The summed E-state index contributed by atoms with van der Waals surface area (Å²) in [5.41, 5.74) is 2.30. The highest BCUT2D eigenvalue weighted by atomic mass is 79.9. The molecule has 1 aliphatic heterocycles. The van der Waals surface area contributed by atoms with E-state index in [-0.39, 0.29) is 11.7 Å². The first-order valence-electron chi connectivity index (χ1n) is 7.61. The van der Waals surface area contributed by atoms with Gasteiger partial charge in [-0.15, -0.1) is 0 Å². The minimum absolute atomic E-state index is 0.0446. The summed E-state index contributed by atoms with van der Waals surface area (Å²) in [7, 11) is 0. The van der Waals surface area contributed by atoms with Gasteiger partial charge in [0, 0.05) is 36.2 Å². The molecule has 1 heterocycles. The van der Waals surface area contributed by atoms with E-state index in [2.05, 4.69) is 15.9 Å². The summed E-state index contributed by atoms with van der Waals surface area (Å²) < 4.78 is 14.8. The highest BCUT2D eigenvalue weighted by Crippen LogP contribution is 2.22. The number of hydrogen-bond donors (Lipinski definition) is 0. The first-order chi connectivity index (χ1) is 11.1. The quantitative estimate of drug-likeness (QED) is 0.794. The number of amides is 1. The normalized spacial score (nSPS) is 14.9. The summed E-state index contributed by atoms with van der Waals surface area (Å²) in [6, 6.07) is 12.5. The third-order valence-corrected chi connectivity index (χ3v) is 4.67. The second-order valence-electron chi connectivity index (χ2n) is 5.69. The van der Waals surface area contributed by atoms with Gasteiger partial charge in [-0.05, 0) is 42.8 Å². The number of nitrogens with zero attached hydrogens (tertiary/aromatic N) is 2. The molecule has 1 saturated heterocycles. The number of halogens is 2. The Bertz CT molecular complexity index is 727. The van der Waals surface area contributed by atoms with Crippen LogP contribution in [0.15, 0.2) is 46.9 Å². The summed E-state index contributed by atoms with van der Waals surface area (Å²) in [6.07, 6.45) is 0. The third kappa shape index (κ3) is 3.39. The van der Waals surface area contributed by atoms with Crippen LogP contribution in [0.5, 0.6) is 0 Å². The van der Waals surface area contributed by atoms with Crippen LogP contribution in [-0.2, 0) is 0 Å². The molecule has 0 radical (unpaired) electrons. The van der Waals surface area contributed by atoms with Gasteiger partial charge in [0.05, 0.1) is 5.69 Å². The summed E-state index contributed by atoms with van der Waals surface area (Å²) in [4.78, 5) is 16.5. The van der Waals surface area contributed by atoms with Crippen LogP contribution in [0.25, 0.3) is 0 Å². The smallest absolute Gasteiger partial charge is 0.254 e. The molecule has 23 heavy (non-hydrogen) atoms. The lowest BCUT2D eigenvalue weighted by molar-refractivity contribution is 0.0746. The van der Waals surface area contributed by atoms with Gasteiger partial charge in [-0.2, -0.15) is 0 Å². The molecule has 3 rings (SSSR count). The lowest BCUT2D eigenvalue weighted by Crippen LogP contribution is -2.49. The lowest BCUT2D eigenvalue weighted by atomic mass is 10.1. The van der Waals surface area contributed by atoms with E-state index in [0.717, 1.165) is 15.6 Å². The maximum Gasteiger partial charge on any atom is 0.254 e. The number of piperazine rings is 1. The van der Waals surface area contributed by atoms with Crippen LogP contribution in [0.2, 0.25) is 0 Å². The average Bonchev–Trinajstić information content (AvgIpc) is 2.55. The molecule has 0 aromatic heterocycles. The van der Waals surface area contributed by atoms with E-state index < -0.39 is 0 Å². The number of carbonyl (C=O) groups is 1. The zero-order valence-electron chi connectivity index (χ0n) is 12.9. The monoisotopic (exact) mass is 376 g/mol. The van der Waals surface area contributed by atoms with Crippen molar-refractivity contribution < 1.29 is 9.18 Å². The van der Waals surface area contributed by atoms with E-state index in [0.29, 0.717) is 31.9 Å². The molecule has 5 heteroatoms. The van der Waals surface area contributed by atoms with E-state index in [1.165, 1.54) is 6.07 Å². The molecule has 1 aliphatic rings. The number of carbonyl (C=O) groups excluding carboxylic acids is 1. The molecule has 0 unspecified atom stereocenters. The fraction of sp³-hybridized carbons (Fsp3) is 0.278. The van der Waals surface area contributed by atoms with E-state index >= 15 is 0 Å². The van der Waals surface area contributed by atoms with Gasteiger partial charge in [0.25, 0.3) is 5.91 Å². The van der Waals surface area contributed by atoms with Gasteiger partial charge in [-0.3, -0.25) is 4.79 Å². The molecule has 2 aromatic rings. The first kappa shape index (κ1) is 16.0. The van der Waals surface area contributed by atoms with E-state index in [4.69, 9.17) is 0 Å². The summed E-state index contributed by atoms with van der Waals surface area (Å²) >= 11 is 3.41. The molecule has 0 saturated carbocycles. The van der Waals surface area contributed by atoms with Crippen LogP contribution >= 0.6 is 15.9 Å². The fourth-order valence-corrected chi connectivity index (χ4v) is 3.37. The first-order valence-corrected chi connectivity index (χ1v) is 8.40. The number of aryl methyl sites for hydroxylation is 1. The topological polar surface area (TPSA) is 23.6 Å². The lowest BCUT2D eigenvalue weighted by Gasteiger charge is -2.36. The minimum atomic E-state index is -0.212. The molecule has 0 aliphatic carbocycles. The molecule has 0 atom stereocenters. The van der Waals surface area contributed by atoms with Crippen LogP contribution in [0.3, 0.4) is 0 Å². The predicted molar refractivity (Wildman–Crippen MR) is 93.4 cm³/mol. The average molecular weight is 377 g/mol. The van der Waals surface area contributed by atoms with Gasteiger partial charge in [-0.1, -0.05) is 28.1 Å². The largest absolute Gasteiger partial charge is 0.366 e. The molecule has 1 fully saturated rings. The Morgan fingerprint density at radius 2 is 1.78 bits per heavy atom. The van der Waals surface area contributed by atoms with Gasteiger partial charge < -0.3 is 9.80 Å². The van der Waals surface area contributed by atoms with Crippen molar-refractivity contribution in [2.24, 2.45) is 0 Å². The fourth-order valence-electron chi connectivity index (χ4n) is 2.90. The summed E-state index contributed by atoms with van der Waals surface area (Å²) in [6.45, 7) is 4.42. The van der Waals surface area contributed by atoms with E-state index in [1.54, 1.807) is 12.1 Å². The van der Waals surface area contributed by atoms with Crippen LogP contribution in [-0.4, -0.2) is 37.0 Å². The van der Waals surface area contributed by atoms with Crippen LogP contribution in [0.4, 0.5) is 10.1 Å². The molecule has 0 bridgehead atoms. The van der Waals surface area contributed by atoms with Crippen molar-refractivity contribution in [1.29, 1.82) is 0 Å². The summed E-state index contributed by atoms with van der Waals surface area (Å²) in [5.74, 6) is -0.167. The van der Waals surface area contributed by atoms with E-state index in [1.807, 2.05) is 41.0 Å². The Morgan fingerprint density at radius 1 is 1.09 bits per heavy atom. The van der Waals surface area contributed by atoms with Gasteiger partial charge in [0.1, 0.15) is 5.82 Å². The zero-order valence-corrected chi connectivity index (χ0v) is 14.5. The molecular formula is C18H18BrFN2O. The third-order valence-electron chi connectivity index (χ3n) is 4.18. The highest BCUT2D eigenvalue weighted by Gasteiger charge is 2.24. The number of para-hydroxylation sites is 1. The molecule has 0 spiro atoms. The second-order valence-corrected chi connectivity index (χ2v) is 6.61. The van der Waals surface area contributed by atoms with Crippen LogP contribution < -0.4 is 4.90 Å². The Balaban J connectivity index is 1.69. The van der Waals surface area contributed by atoms with Crippen molar-refractivity contribution in [1.82, 2.24) is 4.90 Å². The molecule has 2 aromatic carbocycles. The van der Waals surface area contributed by atoms with Crippen molar-refractivity contribution in [3.8, 4) is 0 Å². The zero-order chi connectivity index (χ0) is 16.4. The Kier molecular flexibility index (Phi) is 4.66. The SMILES string of the molecule is Cc1cc(Br)ccc1C(=O)N1CCN(c2ccccc2F)CC1. The standard InChI is InChI=1S/C18H18BrFN2O/c1-13-12-14(19)6-7-15(13)18(23)22-10-8-21(9-11-22)17-5-3-2-4-16(17)20/h2-7,12H,8-11H2,1H3. The van der Waals surface area contributed by atoms with E-state index in [9.17, 15) is 9.18 Å². The molecule has 0 N–H and O–H groups in total. The molecular weight excluding hydrogens is 359 g/mol. The summed E-state index contributed by atoms with van der Waals surface area (Å²) in [5, 5.41) is 0. The minimum Gasteiger partial charge on any atom is -0.366 e. The van der Waals surface area contributed by atoms with Gasteiger partial charge in [-0.25, -0.2) is 4.39 Å². The molecule has 1 amide bonds. The number of benzene rings is 2. The number of anilines is 1. The Morgan fingerprint density at radius 3 is 2.43 bits per heavy atom. The van der Waals surface area contributed by atoms with Gasteiger partial charge >= 0.3 is 0 Å². The van der Waals surface area contributed by atoms with Crippen molar-refractivity contribution in [3.05, 3.63) is 63.9 Å². The van der Waals surface area contributed by atoms with Crippen molar-refractivity contribution >= 4 is 27.5 Å². The van der Waals surface area contributed by atoms with Crippen molar-refractivity contribution in [2.75, 3.05) is 31.1 Å². The van der Waals surface area contributed by atoms with Crippen molar-refractivity contribution in [2.45, 2.75) is 6.92 Å². The van der Waals surface area contributed by atoms with Gasteiger partial charge in [0.15, 0.2) is 0 Å². The molecule has 3 nitrogen and oxygen atoms in total. The maximum absolute atomic E-state index is 13.9. The van der Waals surface area contributed by atoms with Crippen molar-refractivity contribution in [3.63, 3.8) is 0 Å². The Hall–Kier alpha value is -1.88. The maximum atomic E-state index is 13.9. The van der Waals surface area contributed by atoms with Crippen LogP contribution in [0.1, 0.15) is 15.9 Å². The predicted octanol–water partition coefficient (Wildman–Crippen LogP) is 3.86. The highest BCUT2D eigenvalue weighted by molar-refractivity contribution is 9.10. The Labute approximate surface area is 143 Å². The number of hydrogen-bond acceptors (Lipinski definition) is 2. The van der Waals surface area contributed by atoms with Crippen LogP contribution in [0, 0.1) is 12.7 Å².